The van der Waals surface area contributed by atoms with Gasteiger partial charge in [-0.25, -0.2) is 0 Å². The number of carbonyl (C=O) groups excluding carboxylic acids is 1. The summed E-state index contributed by atoms with van der Waals surface area (Å²) in [5.41, 5.74) is 0. The normalized spacial score (nSPS) is 12.1. The van der Waals surface area contributed by atoms with Crippen molar-refractivity contribution in [1.82, 2.24) is 5.32 Å². The number of amides is 1. The molecule has 1 amide bonds. The lowest BCUT2D eigenvalue weighted by Crippen LogP contribution is -2.31. The van der Waals surface area contributed by atoms with Crippen molar-refractivity contribution >= 4 is 23.5 Å². The molecule has 0 aromatic carbocycles. The Morgan fingerprint density at radius 1 is 1.67 bits per heavy atom. The number of furan rings is 1. The molecule has 0 radical (unpaired) electrons. The topological polar surface area (TPSA) is 79.5 Å². The number of carbonyl (C=O) groups is 2. The van der Waals surface area contributed by atoms with E-state index in [1.165, 1.54) is 19.3 Å². The maximum atomic E-state index is 11.3. The second kappa shape index (κ2) is 4.84. The summed E-state index contributed by atoms with van der Waals surface area (Å²) >= 11 is 5.55. The van der Waals surface area contributed by atoms with Crippen LogP contribution in [-0.2, 0) is 4.79 Å². The Hall–Kier alpha value is -1.49. The first-order valence-corrected chi connectivity index (χ1v) is 4.63. The lowest BCUT2D eigenvalue weighted by Gasteiger charge is -2.06. The van der Waals surface area contributed by atoms with Gasteiger partial charge in [-0.15, -0.1) is 0 Å². The molecule has 1 aromatic rings. The minimum absolute atomic E-state index is 0.0481. The molecule has 0 bridgehead atoms. The van der Waals surface area contributed by atoms with Crippen LogP contribution in [0.2, 0.25) is 5.02 Å². The van der Waals surface area contributed by atoms with E-state index >= 15 is 0 Å². The molecule has 0 aliphatic heterocycles. The Balaban J connectivity index is 2.47. The van der Waals surface area contributed by atoms with E-state index in [1.54, 1.807) is 0 Å². The lowest BCUT2D eigenvalue weighted by atomic mass is 10.2. The monoisotopic (exact) mass is 231 g/mol. The third-order valence-corrected chi connectivity index (χ3v) is 1.98. The summed E-state index contributed by atoms with van der Waals surface area (Å²) < 4.78 is 4.83. The van der Waals surface area contributed by atoms with E-state index in [1.807, 2.05) is 0 Å². The van der Waals surface area contributed by atoms with Crippen LogP contribution in [0.3, 0.4) is 0 Å². The summed E-state index contributed by atoms with van der Waals surface area (Å²) in [4.78, 5) is 21.8. The number of hydrogen-bond donors (Lipinski definition) is 2. The SMILES string of the molecule is CC(CNC(=O)c1cc(Cl)co1)C(=O)O. The van der Waals surface area contributed by atoms with Crippen molar-refractivity contribution in [1.29, 1.82) is 0 Å². The molecular formula is C9H10ClNO4. The van der Waals surface area contributed by atoms with Crippen molar-refractivity contribution in [3.05, 3.63) is 23.1 Å². The first-order chi connectivity index (χ1) is 7.00. The van der Waals surface area contributed by atoms with Crippen molar-refractivity contribution in [2.45, 2.75) is 6.92 Å². The standard InChI is InChI=1S/C9H10ClNO4/c1-5(9(13)14)3-11-8(12)7-2-6(10)4-15-7/h2,4-5H,3H2,1H3,(H,11,12)(H,13,14). The van der Waals surface area contributed by atoms with Crippen LogP contribution in [0.15, 0.2) is 16.7 Å². The first-order valence-electron chi connectivity index (χ1n) is 4.25. The molecule has 1 heterocycles. The Labute approximate surface area is 91.0 Å². The van der Waals surface area contributed by atoms with Crippen LogP contribution in [0.1, 0.15) is 17.5 Å². The Morgan fingerprint density at radius 2 is 2.33 bits per heavy atom. The number of carboxylic acids is 1. The van der Waals surface area contributed by atoms with Crippen molar-refractivity contribution in [3.63, 3.8) is 0 Å². The highest BCUT2D eigenvalue weighted by atomic mass is 35.5. The van der Waals surface area contributed by atoms with Gasteiger partial charge in [0, 0.05) is 12.6 Å². The van der Waals surface area contributed by atoms with Gasteiger partial charge in [0.15, 0.2) is 5.76 Å². The molecule has 2 N–H and O–H groups in total. The van der Waals surface area contributed by atoms with Crippen LogP contribution in [0.5, 0.6) is 0 Å². The van der Waals surface area contributed by atoms with Crippen LogP contribution in [0.25, 0.3) is 0 Å². The summed E-state index contributed by atoms with van der Waals surface area (Å²) in [5, 5.41) is 11.3. The number of rotatable bonds is 4. The van der Waals surface area contributed by atoms with Crippen LogP contribution in [0, 0.1) is 5.92 Å². The van der Waals surface area contributed by atoms with Crippen molar-refractivity contribution < 1.29 is 19.1 Å². The van der Waals surface area contributed by atoms with E-state index in [2.05, 4.69) is 5.32 Å². The van der Waals surface area contributed by atoms with Gasteiger partial charge in [-0.05, 0) is 0 Å². The van der Waals surface area contributed by atoms with Gasteiger partial charge in [-0.2, -0.15) is 0 Å². The third kappa shape index (κ3) is 3.28. The maximum Gasteiger partial charge on any atom is 0.308 e. The second-order valence-electron chi connectivity index (χ2n) is 3.08. The third-order valence-electron chi connectivity index (χ3n) is 1.78. The molecule has 5 nitrogen and oxygen atoms in total. The molecule has 82 valence electrons. The van der Waals surface area contributed by atoms with Gasteiger partial charge < -0.3 is 14.8 Å². The molecular weight excluding hydrogens is 222 g/mol. The highest BCUT2D eigenvalue weighted by Crippen LogP contribution is 2.12. The minimum Gasteiger partial charge on any atom is -0.481 e. The highest BCUT2D eigenvalue weighted by Gasteiger charge is 2.15. The molecule has 0 aliphatic carbocycles. The van der Waals surface area contributed by atoms with Gasteiger partial charge in [0.1, 0.15) is 6.26 Å². The molecule has 1 rings (SSSR count). The fourth-order valence-electron chi connectivity index (χ4n) is 0.852. The minimum atomic E-state index is -0.965. The maximum absolute atomic E-state index is 11.3. The summed E-state index contributed by atoms with van der Waals surface area (Å²) in [6, 6.07) is 1.36. The highest BCUT2D eigenvalue weighted by molar-refractivity contribution is 6.30. The smallest absolute Gasteiger partial charge is 0.308 e. The zero-order valence-corrected chi connectivity index (χ0v) is 8.75. The van der Waals surface area contributed by atoms with E-state index in [0.29, 0.717) is 5.02 Å². The summed E-state index contributed by atoms with van der Waals surface area (Å²) in [6.45, 7) is 1.55. The Morgan fingerprint density at radius 3 is 2.80 bits per heavy atom. The summed E-state index contributed by atoms with van der Waals surface area (Å²) in [6.07, 6.45) is 1.23. The second-order valence-corrected chi connectivity index (χ2v) is 3.51. The Bertz CT molecular complexity index is 374. The van der Waals surface area contributed by atoms with Crippen LogP contribution in [-0.4, -0.2) is 23.5 Å². The molecule has 0 saturated carbocycles. The average Bonchev–Trinajstić information content (AvgIpc) is 2.60. The van der Waals surface area contributed by atoms with Gasteiger partial charge in [-0.1, -0.05) is 18.5 Å². The molecule has 1 unspecified atom stereocenters. The number of aliphatic carboxylic acids is 1. The average molecular weight is 232 g/mol. The lowest BCUT2D eigenvalue weighted by molar-refractivity contribution is -0.140. The Kier molecular flexibility index (Phi) is 3.74. The number of hydrogen-bond acceptors (Lipinski definition) is 3. The predicted octanol–water partition coefficient (Wildman–Crippen LogP) is 1.38. The van der Waals surface area contributed by atoms with Gasteiger partial charge in [-0.3, -0.25) is 9.59 Å². The van der Waals surface area contributed by atoms with Crippen molar-refractivity contribution in [3.8, 4) is 0 Å². The zero-order chi connectivity index (χ0) is 11.4. The van der Waals surface area contributed by atoms with E-state index in [4.69, 9.17) is 21.1 Å². The van der Waals surface area contributed by atoms with Gasteiger partial charge in [0.25, 0.3) is 5.91 Å². The van der Waals surface area contributed by atoms with Crippen LogP contribution >= 0.6 is 11.6 Å². The first kappa shape index (κ1) is 11.6. The van der Waals surface area contributed by atoms with Gasteiger partial charge >= 0.3 is 5.97 Å². The van der Waals surface area contributed by atoms with Gasteiger partial charge in [0.2, 0.25) is 0 Å². The van der Waals surface area contributed by atoms with Gasteiger partial charge in [0.05, 0.1) is 10.9 Å². The van der Waals surface area contributed by atoms with E-state index in [9.17, 15) is 9.59 Å². The number of nitrogens with one attached hydrogen (secondary N) is 1. The molecule has 0 aliphatic rings. The predicted molar refractivity (Wildman–Crippen MR) is 52.9 cm³/mol. The largest absolute Gasteiger partial charge is 0.481 e. The quantitative estimate of drug-likeness (QED) is 0.821. The van der Waals surface area contributed by atoms with Crippen LogP contribution < -0.4 is 5.32 Å². The molecule has 0 fully saturated rings. The van der Waals surface area contributed by atoms with Crippen molar-refractivity contribution in [2.75, 3.05) is 6.54 Å². The number of halogens is 1. The number of carboxylic acid groups (broad SMARTS) is 1. The molecule has 15 heavy (non-hydrogen) atoms. The fraction of sp³-hybridized carbons (Fsp3) is 0.333. The molecule has 1 aromatic heterocycles. The van der Waals surface area contributed by atoms with Crippen LogP contribution in [0.4, 0.5) is 0 Å². The van der Waals surface area contributed by atoms with Crippen molar-refractivity contribution in [2.24, 2.45) is 5.92 Å². The molecule has 1 atom stereocenters. The molecule has 6 heteroatoms. The molecule has 0 saturated heterocycles. The summed E-state index contributed by atoms with van der Waals surface area (Å²) in [7, 11) is 0. The van der Waals surface area contributed by atoms with E-state index in [0.717, 1.165) is 0 Å². The zero-order valence-electron chi connectivity index (χ0n) is 7.99. The van der Waals surface area contributed by atoms with E-state index < -0.39 is 17.8 Å². The fourth-order valence-corrected chi connectivity index (χ4v) is 0.996. The summed E-state index contributed by atoms with van der Waals surface area (Å²) in [5.74, 6) is -2.01. The van der Waals surface area contributed by atoms with E-state index in [-0.39, 0.29) is 12.3 Å². The molecule has 0 spiro atoms.